The molecule has 1 aromatic carbocycles. The molecule has 1 N–H and O–H groups in total. The molecule has 1 aromatic heterocycles. The number of hydrogen-bond donors (Lipinski definition) is 1. The van der Waals surface area contributed by atoms with Crippen LogP contribution in [0.15, 0.2) is 30.3 Å². The maximum atomic E-state index is 4.62. The molecule has 0 spiro atoms. The van der Waals surface area contributed by atoms with Crippen molar-refractivity contribution < 1.29 is 0 Å². The summed E-state index contributed by atoms with van der Waals surface area (Å²) in [7, 11) is 0. The van der Waals surface area contributed by atoms with E-state index in [0.29, 0.717) is 6.04 Å². The van der Waals surface area contributed by atoms with Gasteiger partial charge in [-0.05, 0) is 37.7 Å². The van der Waals surface area contributed by atoms with Crippen LogP contribution >= 0.6 is 11.8 Å². The molecule has 2 nitrogen and oxygen atoms in total. The molecule has 2 unspecified atom stereocenters. The minimum absolute atomic E-state index is 0.602. The van der Waals surface area contributed by atoms with E-state index in [2.05, 4.69) is 66.2 Å². The number of benzene rings is 1. The second-order valence-corrected chi connectivity index (χ2v) is 7.02. The van der Waals surface area contributed by atoms with Crippen molar-refractivity contribution >= 4 is 28.4 Å². The summed E-state index contributed by atoms with van der Waals surface area (Å²) in [6.45, 7) is 4.33. The first-order chi connectivity index (χ1) is 9.78. The summed E-state index contributed by atoms with van der Waals surface area (Å²) in [5.41, 5.74) is 3.43. The van der Waals surface area contributed by atoms with Crippen molar-refractivity contribution in [3.8, 4) is 0 Å². The Kier molecular flexibility index (Phi) is 4.16. The Morgan fingerprint density at radius 3 is 3.00 bits per heavy atom. The highest BCUT2D eigenvalue weighted by Gasteiger charge is 2.27. The summed E-state index contributed by atoms with van der Waals surface area (Å²) >= 11 is 2.10. The van der Waals surface area contributed by atoms with Gasteiger partial charge in [0.25, 0.3) is 0 Å². The quantitative estimate of drug-likeness (QED) is 0.887. The van der Waals surface area contributed by atoms with E-state index in [4.69, 9.17) is 0 Å². The number of nitrogens with zero attached hydrogens (tertiary/aromatic N) is 1. The smallest absolute Gasteiger partial charge is 0.0725 e. The Bertz CT molecular complexity index is 597. The third-order valence-electron chi connectivity index (χ3n) is 4.02. The van der Waals surface area contributed by atoms with Crippen molar-refractivity contribution in [2.45, 2.75) is 44.4 Å². The van der Waals surface area contributed by atoms with Crippen LogP contribution in [-0.2, 0) is 0 Å². The van der Waals surface area contributed by atoms with Crippen molar-refractivity contribution in [2.75, 3.05) is 11.1 Å². The Morgan fingerprint density at radius 2 is 2.15 bits per heavy atom. The molecule has 3 heteroatoms. The van der Waals surface area contributed by atoms with Crippen molar-refractivity contribution in [1.29, 1.82) is 0 Å². The highest BCUT2D eigenvalue weighted by atomic mass is 32.2. The maximum Gasteiger partial charge on any atom is 0.0725 e. The average molecular weight is 286 g/mol. The summed E-state index contributed by atoms with van der Waals surface area (Å²) < 4.78 is 0. The highest BCUT2D eigenvalue weighted by molar-refractivity contribution is 7.99. The molecule has 1 aliphatic carbocycles. The lowest BCUT2D eigenvalue weighted by Crippen LogP contribution is -2.26. The highest BCUT2D eigenvalue weighted by Crippen LogP contribution is 2.33. The van der Waals surface area contributed by atoms with Crippen molar-refractivity contribution in [1.82, 2.24) is 4.98 Å². The summed E-state index contributed by atoms with van der Waals surface area (Å²) in [6, 6.07) is 11.2. The molecule has 1 saturated carbocycles. The van der Waals surface area contributed by atoms with Gasteiger partial charge in [-0.25, -0.2) is 0 Å². The molecule has 106 valence electrons. The fraction of sp³-hybridized carbons (Fsp3) is 0.471. The van der Waals surface area contributed by atoms with Crippen LogP contribution in [0.1, 0.15) is 31.9 Å². The molecular weight excluding hydrogens is 264 g/mol. The Morgan fingerprint density at radius 1 is 1.30 bits per heavy atom. The zero-order valence-corrected chi connectivity index (χ0v) is 13.0. The molecule has 0 radical (unpaired) electrons. The summed E-state index contributed by atoms with van der Waals surface area (Å²) in [6.07, 6.45) is 3.98. The van der Waals surface area contributed by atoms with Crippen LogP contribution in [0.25, 0.3) is 10.9 Å². The fourth-order valence-electron chi connectivity index (χ4n) is 3.13. The number of hydrogen-bond acceptors (Lipinski definition) is 3. The van der Waals surface area contributed by atoms with Gasteiger partial charge in [0.05, 0.1) is 5.52 Å². The molecule has 2 atom stereocenters. The van der Waals surface area contributed by atoms with Crippen LogP contribution in [-0.4, -0.2) is 22.0 Å². The van der Waals surface area contributed by atoms with Gasteiger partial charge < -0.3 is 5.32 Å². The average Bonchev–Trinajstić information content (AvgIpc) is 2.86. The van der Waals surface area contributed by atoms with E-state index in [1.807, 2.05) is 0 Å². The normalized spacial score (nSPS) is 22.3. The van der Waals surface area contributed by atoms with Crippen LogP contribution in [0.3, 0.4) is 0 Å². The standard InChI is InChI=1S/C17H22N2S/c1-3-20-17-10-6-9-15(17)19-16-11-12(2)18-14-8-5-4-7-13(14)16/h4-5,7-8,11,15,17H,3,6,9-10H2,1-2H3,(H,18,19). The number of pyridine rings is 1. The number of rotatable bonds is 4. The van der Waals surface area contributed by atoms with E-state index in [9.17, 15) is 0 Å². The first kappa shape index (κ1) is 13.7. The third kappa shape index (κ3) is 2.78. The molecule has 1 fully saturated rings. The topological polar surface area (TPSA) is 24.9 Å². The molecule has 0 saturated heterocycles. The number of aryl methyl sites for hydroxylation is 1. The minimum atomic E-state index is 0.602. The van der Waals surface area contributed by atoms with Gasteiger partial charge in [-0.3, -0.25) is 4.98 Å². The number of thioether (sulfide) groups is 1. The van der Waals surface area contributed by atoms with E-state index < -0.39 is 0 Å². The van der Waals surface area contributed by atoms with Gasteiger partial charge in [0.1, 0.15) is 0 Å². The van der Waals surface area contributed by atoms with Crippen molar-refractivity contribution in [2.24, 2.45) is 0 Å². The zero-order valence-electron chi connectivity index (χ0n) is 12.2. The van der Waals surface area contributed by atoms with Gasteiger partial charge in [-0.15, -0.1) is 0 Å². The lowest BCUT2D eigenvalue weighted by Gasteiger charge is -2.22. The Labute approximate surface area is 125 Å². The maximum absolute atomic E-state index is 4.62. The lowest BCUT2D eigenvalue weighted by molar-refractivity contribution is 0.768. The van der Waals surface area contributed by atoms with E-state index >= 15 is 0 Å². The van der Waals surface area contributed by atoms with Gasteiger partial charge in [0, 0.05) is 28.1 Å². The first-order valence-electron chi connectivity index (χ1n) is 7.52. The largest absolute Gasteiger partial charge is 0.381 e. The molecule has 0 bridgehead atoms. The predicted molar refractivity (Wildman–Crippen MR) is 89.7 cm³/mol. The van der Waals surface area contributed by atoms with Gasteiger partial charge in [0.2, 0.25) is 0 Å². The van der Waals surface area contributed by atoms with Crippen LogP contribution in [0.5, 0.6) is 0 Å². The van der Waals surface area contributed by atoms with E-state index in [1.54, 1.807) is 0 Å². The third-order valence-corrected chi connectivity index (χ3v) is 5.34. The number of anilines is 1. The Hall–Kier alpha value is -1.22. The molecular formula is C17H22N2S. The number of para-hydroxylation sites is 1. The summed E-state index contributed by atoms with van der Waals surface area (Å²) in [5.74, 6) is 1.21. The number of fused-ring (bicyclic) bond motifs is 1. The van der Waals surface area contributed by atoms with E-state index in [1.165, 1.54) is 36.1 Å². The number of nitrogens with one attached hydrogen (secondary N) is 1. The monoisotopic (exact) mass is 286 g/mol. The number of aromatic nitrogens is 1. The molecule has 1 aliphatic rings. The molecule has 1 heterocycles. The minimum Gasteiger partial charge on any atom is -0.381 e. The second kappa shape index (κ2) is 6.04. The van der Waals surface area contributed by atoms with Gasteiger partial charge in [-0.1, -0.05) is 31.5 Å². The van der Waals surface area contributed by atoms with Crippen LogP contribution in [0, 0.1) is 6.92 Å². The van der Waals surface area contributed by atoms with Gasteiger partial charge in [-0.2, -0.15) is 11.8 Å². The van der Waals surface area contributed by atoms with Gasteiger partial charge >= 0.3 is 0 Å². The molecule has 0 aliphatic heterocycles. The van der Waals surface area contributed by atoms with E-state index in [-0.39, 0.29) is 0 Å². The van der Waals surface area contributed by atoms with Gasteiger partial charge in [0.15, 0.2) is 0 Å². The second-order valence-electron chi connectivity index (χ2n) is 5.50. The fourth-order valence-corrected chi connectivity index (χ4v) is 4.33. The summed E-state index contributed by atoms with van der Waals surface area (Å²) in [5, 5.41) is 5.80. The molecule has 3 rings (SSSR count). The lowest BCUT2D eigenvalue weighted by atomic mass is 10.1. The first-order valence-corrected chi connectivity index (χ1v) is 8.57. The molecule has 2 aromatic rings. The van der Waals surface area contributed by atoms with E-state index in [0.717, 1.165) is 16.5 Å². The molecule has 0 amide bonds. The van der Waals surface area contributed by atoms with Crippen molar-refractivity contribution in [3.05, 3.63) is 36.0 Å². The van der Waals surface area contributed by atoms with Crippen LogP contribution in [0.2, 0.25) is 0 Å². The van der Waals surface area contributed by atoms with Crippen molar-refractivity contribution in [3.63, 3.8) is 0 Å². The van der Waals surface area contributed by atoms with Crippen LogP contribution < -0.4 is 5.32 Å². The summed E-state index contributed by atoms with van der Waals surface area (Å²) in [4.78, 5) is 4.62. The SMILES string of the molecule is CCSC1CCCC1Nc1cc(C)nc2ccccc12. The van der Waals surface area contributed by atoms with Crippen LogP contribution in [0.4, 0.5) is 5.69 Å². The predicted octanol–water partition coefficient (Wildman–Crippen LogP) is 4.63. The zero-order chi connectivity index (χ0) is 13.9. The Balaban J connectivity index is 1.90. The molecule has 20 heavy (non-hydrogen) atoms.